The number of rotatable bonds is 1. The predicted octanol–water partition coefficient (Wildman–Crippen LogP) is 2.56. The van der Waals surface area contributed by atoms with E-state index in [1.54, 1.807) is 0 Å². The summed E-state index contributed by atoms with van der Waals surface area (Å²) >= 11 is 0. The minimum absolute atomic E-state index is 0.188. The summed E-state index contributed by atoms with van der Waals surface area (Å²) in [7, 11) is 0. The molecule has 0 radical (unpaired) electrons. The van der Waals surface area contributed by atoms with Crippen LogP contribution in [0.25, 0.3) is 0 Å². The van der Waals surface area contributed by atoms with Crippen LogP contribution in [-0.2, 0) is 0 Å². The van der Waals surface area contributed by atoms with Crippen LogP contribution in [-0.4, -0.2) is 17.5 Å². The molecule has 1 aliphatic carbocycles. The Morgan fingerprint density at radius 3 is 1.36 bits per heavy atom. The van der Waals surface area contributed by atoms with Gasteiger partial charge in [-0.15, -0.1) is 0 Å². The molecule has 0 heterocycles. The molecule has 1 fully saturated rings. The van der Waals surface area contributed by atoms with Gasteiger partial charge in [0, 0.05) is 0 Å². The zero-order valence-corrected chi connectivity index (χ0v) is 5.54. The highest BCUT2D eigenvalue weighted by molar-refractivity contribution is 5.36. The molecular weight excluding hydrogens is 167 g/mol. The number of alkyl halides is 5. The van der Waals surface area contributed by atoms with Crippen LogP contribution >= 0.6 is 0 Å². The molecule has 0 nitrogen and oxygen atoms in total. The lowest BCUT2D eigenvalue weighted by Gasteiger charge is -1.92. The third-order valence-electron chi connectivity index (χ3n) is 1.64. The standard InChI is InChI=1S/C6H5F5/c1-2-3-4(7)5(8,9)6(4,10)11/h2-3H,1H3. The monoisotopic (exact) mass is 172 g/mol. The predicted molar refractivity (Wildman–Crippen MR) is 28.5 cm³/mol. The van der Waals surface area contributed by atoms with Crippen LogP contribution in [0.2, 0.25) is 0 Å². The maximum atomic E-state index is 12.5. The molecule has 0 atom stereocenters. The zero-order valence-electron chi connectivity index (χ0n) is 5.54. The van der Waals surface area contributed by atoms with Crippen molar-refractivity contribution in [3.8, 4) is 0 Å². The lowest BCUT2D eigenvalue weighted by molar-refractivity contribution is -0.0278. The van der Waals surface area contributed by atoms with Gasteiger partial charge in [0.1, 0.15) is 0 Å². The normalized spacial score (nSPS) is 30.7. The van der Waals surface area contributed by atoms with Crippen LogP contribution in [0.5, 0.6) is 0 Å². The number of hydrogen-bond donors (Lipinski definition) is 0. The molecule has 0 N–H and O–H groups in total. The van der Waals surface area contributed by atoms with Gasteiger partial charge in [-0.2, -0.15) is 17.6 Å². The Bertz CT molecular complexity index is 191. The quantitative estimate of drug-likeness (QED) is 0.421. The van der Waals surface area contributed by atoms with Crippen molar-refractivity contribution in [3.05, 3.63) is 12.2 Å². The lowest BCUT2D eigenvalue weighted by atomic mass is 10.3. The van der Waals surface area contributed by atoms with Gasteiger partial charge < -0.3 is 0 Å². The summed E-state index contributed by atoms with van der Waals surface area (Å²) in [5.74, 6) is -9.07. The molecule has 0 aliphatic heterocycles. The Morgan fingerprint density at radius 1 is 0.909 bits per heavy atom. The molecule has 0 unspecified atom stereocenters. The zero-order chi connectivity index (χ0) is 8.91. The van der Waals surface area contributed by atoms with E-state index < -0.39 is 17.5 Å². The molecule has 0 aromatic rings. The molecule has 0 saturated heterocycles. The molecule has 1 saturated carbocycles. The number of halogens is 5. The van der Waals surface area contributed by atoms with E-state index in [0.29, 0.717) is 0 Å². The summed E-state index contributed by atoms with van der Waals surface area (Å²) in [5, 5.41) is 0. The highest BCUT2D eigenvalue weighted by Gasteiger charge is 2.97. The minimum atomic E-state index is -4.54. The van der Waals surface area contributed by atoms with Gasteiger partial charge in [0.25, 0.3) is 5.67 Å². The van der Waals surface area contributed by atoms with Crippen LogP contribution in [0.1, 0.15) is 6.92 Å². The van der Waals surface area contributed by atoms with Crippen molar-refractivity contribution in [1.82, 2.24) is 0 Å². The van der Waals surface area contributed by atoms with Gasteiger partial charge in [0.15, 0.2) is 0 Å². The first-order chi connectivity index (χ1) is 4.81. The SMILES string of the molecule is CC=CC1(F)C(F)(F)C1(F)F. The molecule has 11 heavy (non-hydrogen) atoms. The molecule has 1 rings (SSSR count). The Kier molecular flexibility index (Phi) is 1.36. The molecule has 5 heteroatoms. The lowest BCUT2D eigenvalue weighted by Crippen LogP contribution is -2.08. The van der Waals surface area contributed by atoms with Crippen molar-refractivity contribution in [2.24, 2.45) is 0 Å². The van der Waals surface area contributed by atoms with E-state index in [9.17, 15) is 22.0 Å². The summed E-state index contributed by atoms with van der Waals surface area (Å²) in [6.45, 7) is 1.20. The Balaban J connectivity index is 2.96. The molecule has 0 aromatic carbocycles. The first-order valence-electron chi connectivity index (χ1n) is 2.89. The summed E-state index contributed by atoms with van der Waals surface area (Å²) in [4.78, 5) is 0. The van der Waals surface area contributed by atoms with Crippen molar-refractivity contribution >= 4 is 0 Å². The van der Waals surface area contributed by atoms with Crippen LogP contribution in [0.4, 0.5) is 22.0 Å². The Hall–Kier alpha value is -0.610. The summed E-state index contributed by atoms with van der Waals surface area (Å²) < 4.78 is 60.3. The van der Waals surface area contributed by atoms with Crippen molar-refractivity contribution in [1.29, 1.82) is 0 Å². The third kappa shape index (κ3) is 0.636. The smallest absolute Gasteiger partial charge is 0.225 e. The average molecular weight is 172 g/mol. The van der Waals surface area contributed by atoms with E-state index in [-0.39, 0.29) is 6.08 Å². The molecule has 0 amide bonds. The van der Waals surface area contributed by atoms with E-state index >= 15 is 0 Å². The van der Waals surface area contributed by atoms with Gasteiger partial charge >= 0.3 is 11.8 Å². The van der Waals surface area contributed by atoms with Gasteiger partial charge in [0.2, 0.25) is 0 Å². The molecule has 0 bridgehead atoms. The van der Waals surface area contributed by atoms with Gasteiger partial charge in [-0.25, -0.2) is 4.39 Å². The van der Waals surface area contributed by atoms with Crippen molar-refractivity contribution in [3.63, 3.8) is 0 Å². The fourth-order valence-electron chi connectivity index (χ4n) is 0.845. The van der Waals surface area contributed by atoms with Crippen LogP contribution in [0.15, 0.2) is 12.2 Å². The third-order valence-corrected chi connectivity index (χ3v) is 1.64. The van der Waals surface area contributed by atoms with E-state index in [0.717, 1.165) is 6.08 Å². The average Bonchev–Trinajstić information content (AvgIpc) is 2.12. The summed E-state index contributed by atoms with van der Waals surface area (Å²) in [6.07, 6.45) is 1.03. The minimum Gasteiger partial charge on any atom is -0.225 e. The fourth-order valence-corrected chi connectivity index (χ4v) is 0.845. The second-order valence-electron chi connectivity index (χ2n) is 2.36. The number of hydrogen-bond acceptors (Lipinski definition) is 0. The van der Waals surface area contributed by atoms with Gasteiger partial charge in [0.05, 0.1) is 0 Å². The van der Waals surface area contributed by atoms with Crippen molar-refractivity contribution in [2.45, 2.75) is 24.4 Å². The Morgan fingerprint density at radius 2 is 1.27 bits per heavy atom. The Labute approximate surface area is 59.7 Å². The maximum Gasteiger partial charge on any atom is 0.357 e. The largest absolute Gasteiger partial charge is 0.357 e. The van der Waals surface area contributed by atoms with Gasteiger partial charge in [-0.1, -0.05) is 6.08 Å². The van der Waals surface area contributed by atoms with Crippen molar-refractivity contribution < 1.29 is 22.0 Å². The first kappa shape index (κ1) is 8.49. The molecular formula is C6H5F5. The van der Waals surface area contributed by atoms with E-state index in [2.05, 4.69) is 0 Å². The summed E-state index contributed by atoms with van der Waals surface area (Å²) in [5.41, 5.74) is -3.76. The second kappa shape index (κ2) is 1.76. The van der Waals surface area contributed by atoms with Crippen LogP contribution in [0.3, 0.4) is 0 Å². The number of allylic oxidation sites excluding steroid dienone is 2. The first-order valence-corrected chi connectivity index (χ1v) is 2.89. The van der Waals surface area contributed by atoms with Gasteiger partial charge in [-0.3, -0.25) is 0 Å². The van der Waals surface area contributed by atoms with E-state index in [4.69, 9.17) is 0 Å². The topological polar surface area (TPSA) is 0 Å². The van der Waals surface area contributed by atoms with E-state index in [1.165, 1.54) is 6.92 Å². The highest BCUT2D eigenvalue weighted by atomic mass is 19.3. The maximum absolute atomic E-state index is 12.5. The molecule has 64 valence electrons. The highest BCUT2D eigenvalue weighted by Crippen LogP contribution is 2.68. The molecule has 1 aliphatic rings. The van der Waals surface area contributed by atoms with Crippen molar-refractivity contribution in [2.75, 3.05) is 0 Å². The van der Waals surface area contributed by atoms with Gasteiger partial charge in [-0.05, 0) is 13.0 Å². The molecule has 0 aromatic heterocycles. The van der Waals surface area contributed by atoms with Crippen LogP contribution < -0.4 is 0 Å². The second-order valence-corrected chi connectivity index (χ2v) is 2.36. The fraction of sp³-hybridized carbons (Fsp3) is 0.667. The van der Waals surface area contributed by atoms with Crippen LogP contribution in [0, 0.1) is 0 Å². The van der Waals surface area contributed by atoms with E-state index in [1.807, 2.05) is 0 Å². The summed E-state index contributed by atoms with van der Waals surface area (Å²) in [6, 6.07) is 0. The molecule has 0 spiro atoms.